The predicted molar refractivity (Wildman–Crippen MR) is 310 cm³/mol. The number of hydrogen-bond donors (Lipinski definition) is 0. The first kappa shape index (κ1) is 42.8. The topological polar surface area (TPSA) is 32.8 Å². The maximum absolute atomic E-state index is 6.84. The fraction of sp³-hybridized carbons (Fsp3) is 0.114. The summed E-state index contributed by atoms with van der Waals surface area (Å²) in [7, 11) is 0. The molecule has 4 nitrogen and oxygen atoms in total. The fourth-order valence-electron chi connectivity index (χ4n) is 13.5. The Kier molecular flexibility index (Phi) is 8.87. The van der Waals surface area contributed by atoms with E-state index in [2.05, 4.69) is 258 Å². The van der Waals surface area contributed by atoms with E-state index in [9.17, 15) is 0 Å². The molecular formula is C70H52N2O2. The molecule has 0 bridgehead atoms. The van der Waals surface area contributed by atoms with Crippen LogP contribution in [0.4, 0.5) is 34.1 Å². The third-order valence-corrected chi connectivity index (χ3v) is 16.8. The van der Waals surface area contributed by atoms with E-state index in [-0.39, 0.29) is 10.8 Å². The third kappa shape index (κ3) is 5.74. The molecule has 354 valence electrons. The van der Waals surface area contributed by atoms with Crippen LogP contribution in [0, 0.1) is 13.8 Å². The number of anilines is 6. The molecule has 0 saturated heterocycles. The van der Waals surface area contributed by atoms with Crippen molar-refractivity contribution in [3.63, 3.8) is 0 Å². The maximum Gasteiger partial charge on any atom is 0.159 e. The standard InChI is InChI=1S/C70H52N2O2/c1-41-21-7-15-31-55(41)71(57-33-19-29-49-45-25-13-17-35-61(45)73-67(49)57)59-39-53-63(47-27-11-9-23-43(47)59)51-37-38-52-64-48-28-12-10-24-44(48)60(40-54(64)70(5,6)66(52)65(51)69(53,3)4)72(56-32-16-8-22-42(56)2)58-34-20-30-50-46-26-14-18-36-62(46)74-68(50)58/h7-40H,1-6H3. The number of fused-ring (bicyclic) bond motifs is 17. The summed E-state index contributed by atoms with van der Waals surface area (Å²) in [6.07, 6.45) is 0. The number of furan rings is 2. The second-order valence-electron chi connectivity index (χ2n) is 21.6. The van der Waals surface area contributed by atoms with Crippen molar-refractivity contribution in [1.29, 1.82) is 0 Å². The quantitative estimate of drug-likeness (QED) is 0.166. The molecule has 0 saturated carbocycles. The van der Waals surface area contributed by atoms with Gasteiger partial charge in [0.25, 0.3) is 0 Å². The van der Waals surface area contributed by atoms with Gasteiger partial charge in [-0.25, -0.2) is 0 Å². The lowest BCUT2D eigenvalue weighted by Crippen LogP contribution is -2.24. The molecule has 15 rings (SSSR count). The highest BCUT2D eigenvalue weighted by atomic mass is 16.3. The van der Waals surface area contributed by atoms with Gasteiger partial charge < -0.3 is 18.6 Å². The molecule has 0 aliphatic heterocycles. The van der Waals surface area contributed by atoms with Gasteiger partial charge in [0.2, 0.25) is 0 Å². The number of hydrogen-bond acceptors (Lipinski definition) is 4. The van der Waals surface area contributed by atoms with Gasteiger partial charge in [-0.15, -0.1) is 0 Å². The molecule has 2 aromatic heterocycles. The molecule has 13 aromatic rings. The van der Waals surface area contributed by atoms with E-state index in [4.69, 9.17) is 8.83 Å². The summed E-state index contributed by atoms with van der Waals surface area (Å²) in [5, 5.41) is 9.34. The highest BCUT2D eigenvalue weighted by molar-refractivity contribution is 6.17. The number of nitrogens with zero attached hydrogens (tertiary/aromatic N) is 2. The van der Waals surface area contributed by atoms with E-state index in [0.717, 1.165) is 78.0 Å². The van der Waals surface area contributed by atoms with Crippen LogP contribution in [0.1, 0.15) is 61.1 Å². The fourth-order valence-corrected chi connectivity index (χ4v) is 13.5. The normalized spacial score (nSPS) is 14.0. The van der Waals surface area contributed by atoms with Gasteiger partial charge in [-0.05, 0) is 129 Å². The Labute approximate surface area is 430 Å². The average Bonchev–Trinajstić information content (AvgIpc) is 4.30. The Morgan fingerprint density at radius 3 is 1.07 bits per heavy atom. The van der Waals surface area contributed by atoms with Gasteiger partial charge in [0, 0.05) is 54.5 Å². The van der Waals surface area contributed by atoms with Crippen molar-refractivity contribution in [1.82, 2.24) is 0 Å². The predicted octanol–water partition coefficient (Wildman–Crippen LogP) is 20.0. The molecule has 0 spiro atoms. The molecule has 0 radical (unpaired) electrons. The van der Waals surface area contributed by atoms with Crippen LogP contribution in [0.3, 0.4) is 0 Å². The van der Waals surface area contributed by atoms with Crippen LogP contribution in [0.5, 0.6) is 0 Å². The number of benzene rings is 11. The second kappa shape index (κ2) is 15.3. The minimum absolute atomic E-state index is 0.375. The summed E-state index contributed by atoms with van der Waals surface area (Å²) < 4.78 is 13.7. The SMILES string of the molecule is Cc1ccccc1N(c1cc2c(c3ccccc13)-c1ccc3c(c1C2(C)C)C(C)(C)c1cc(N(c2ccccc2C)c2cccc4c2oc2ccccc24)c2ccccc2c1-3)c1cccc2c1oc1ccccc12. The molecule has 0 N–H and O–H groups in total. The van der Waals surface area contributed by atoms with Crippen LogP contribution in [-0.2, 0) is 10.8 Å². The smallest absolute Gasteiger partial charge is 0.159 e. The Balaban J connectivity index is 0.963. The Hall–Kier alpha value is -8.86. The van der Waals surface area contributed by atoms with Crippen LogP contribution in [-0.4, -0.2) is 0 Å². The van der Waals surface area contributed by atoms with Crippen LogP contribution in [0.2, 0.25) is 0 Å². The molecule has 0 atom stereocenters. The molecule has 0 fully saturated rings. The molecule has 11 aromatic carbocycles. The minimum atomic E-state index is -0.375. The van der Waals surface area contributed by atoms with Gasteiger partial charge in [0.05, 0.1) is 22.7 Å². The highest BCUT2D eigenvalue weighted by Gasteiger charge is 2.48. The van der Waals surface area contributed by atoms with Crippen molar-refractivity contribution in [3.05, 3.63) is 240 Å². The summed E-state index contributed by atoms with van der Waals surface area (Å²) in [4.78, 5) is 4.93. The molecule has 2 aliphatic carbocycles. The molecule has 4 heteroatoms. The van der Waals surface area contributed by atoms with Gasteiger partial charge in [-0.2, -0.15) is 0 Å². The van der Waals surface area contributed by atoms with E-state index in [1.807, 2.05) is 0 Å². The zero-order chi connectivity index (χ0) is 49.8. The Morgan fingerprint density at radius 2 is 0.649 bits per heavy atom. The summed E-state index contributed by atoms with van der Waals surface area (Å²) in [6, 6.07) is 75.5. The van der Waals surface area contributed by atoms with E-state index in [1.54, 1.807) is 0 Å². The highest BCUT2D eigenvalue weighted by Crippen LogP contribution is 2.63. The first-order valence-corrected chi connectivity index (χ1v) is 25.9. The molecule has 0 amide bonds. The summed E-state index contributed by atoms with van der Waals surface area (Å²) >= 11 is 0. The zero-order valence-corrected chi connectivity index (χ0v) is 42.3. The first-order valence-electron chi connectivity index (χ1n) is 25.9. The van der Waals surface area contributed by atoms with Crippen molar-refractivity contribution in [2.75, 3.05) is 9.80 Å². The van der Waals surface area contributed by atoms with E-state index in [0.29, 0.717) is 0 Å². The average molecular weight is 953 g/mol. The molecule has 2 aliphatic rings. The lowest BCUT2D eigenvalue weighted by atomic mass is 9.72. The number of rotatable bonds is 6. The van der Waals surface area contributed by atoms with Crippen molar-refractivity contribution in [2.45, 2.75) is 52.4 Å². The maximum atomic E-state index is 6.84. The zero-order valence-electron chi connectivity index (χ0n) is 42.3. The van der Waals surface area contributed by atoms with Crippen LogP contribution >= 0.6 is 0 Å². The number of aryl methyl sites for hydroxylation is 2. The second-order valence-corrected chi connectivity index (χ2v) is 21.6. The third-order valence-electron chi connectivity index (χ3n) is 16.8. The number of para-hydroxylation sites is 6. The van der Waals surface area contributed by atoms with Gasteiger partial charge in [0.1, 0.15) is 11.2 Å². The van der Waals surface area contributed by atoms with Gasteiger partial charge in [0.15, 0.2) is 11.2 Å². The Morgan fingerprint density at radius 1 is 0.311 bits per heavy atom. The molecular weight excluding hydrogens is 901 g/mol. The van der Waals surface area contributed by atoms with Crippen LogP contribution in [0.15, 0.2) is 215 Å². The Bertz CT molecular complexity index is 4260. The van der Waals surface area contributed by atoms with Crippen molar-refractivity contribution in [3.8, 4) is 22.3 Å². The van der Waals surface area contributed by atoms with Gasteiger partial charge in [-0.1, -0.05) is 185 Å². The molecule has 74 heavy (non-hydrogen) atoms. The monoisotopic (exact) mass is 952 g/mol. The lowest BCUT2D eigenvalue weighted by Gasteiger charge is -2.33. The van der Waals surface area contributed by atoms with Crippen LogP contribution in [0.25, 0.3) is 87.7 Å². The summed E-state index contributed by atoms with van der Waals surface area (Å²) in [5.41, 5.74) is 22.4. The van der Waals surface area contributed by atoms with Crippen molar-refractivity contribution < 1.29 is 8.83 Å². The van der Waals surface area contributed by atoms with Crippen molar-refractivity contribution >= 4 is 99.5 Å². The van der Waals surface area contributed by atoms with E-state index >= 15 is 0 Å². The largest absolute Gasteiger partial charge is 0.454 e. The van der Waals surface area contributed by atoms with Gasteiger partial charge >= 0.3 is 0 Å². The molecule has 2 heterocycles. The van der Waals surface area contributed by atoms with Gasteiger partial charge in [-0.3, -0.25) is 0 Å². The van der Waals surface area contributed by atoms with E-state index in [1.165, 1.54) is 77.2 Å². The van der Waals surface area contributed by atoms with E-state index < -0.39 is 0 Å². The summed E-state index contributed by atoms with van der Waals surface area (Å²) in [5.74, 6) is 0. The summed E-state index contributed by atoms with van der Waals surface area (Å²) in [6.45, 7) is 14.3. The molecule has 0 unspecified atom stereocenters. The first-order chi connectivity index (χ1) is 36.1. The lowest BCUT2D eigenvalue weighted by molar-refractivity contribution is 0.601. The van der Waals surface area contributed by atoms with Crippen molar-refractivity contribution in [2.24, 2.45) is 0 Å². The van der Waals surface area contributed by atoms with Crippen LogP contribution < -0.4 is 9.80 Å². The minimum Gasteiger partial charge on any atom is -0.454 e.